The molecule has 1 aliphatic rings. The largest absolute Gasteiger partial charge is 0.385 e. The number of likely N-dealkylation sites (tertiary alicyclic amines) is 1. The van der Waals surface area contributed by atoms with Crippen LogP contribution < -0.4 is 10.6 Å². The predicted molar refractivity (Wildman–Crippen MR) is 126 cm³/mol. The fourth-order valence-electron chi connectivity index (χ4n) is 3.30. The Morgan fingerprint density at radius 1 is 1.36 bits per heavy atom. The number of nitrogens with zero attached hydrogens (tertiary/aromatic N) is 2. The third-order valence-corrected chi connectivity index (χ3v) is 5.14. The Labute approximate surface area is 190 Å². The van der Waals surface area contributed by atoms with E-state index in [9.17, 15) is 4.39 Å². The molecule has 8 heteroatoms. The summed E-state index contributed by atoms with van der Waals surface area (Å²) in [5.41, 5.74) is 0.531. The second-order valence-corrected chi connectivity index (χ2v) is 7.22. The summed E-state index contributed by atoms with van der Waals surface area (Å²) in [6.45, 7) is 7.42. The van der Waals surface area contributed by atoms with Gasteiger partial charge in [-0.3, -0.25) is 4.99 Å². The van der Waals surface area contributed by atoms with Gasteiger partial charge in [-0.2, -0.15) is 0 Å². The van der Waals surface area contributed by atoms with Crippen molar-refractivity contribution >= 4 is 41.5 Å². The molecule has 5 nitrogen and oxygen atoms in total. The standard InChI is InChI=1S/C20H32ClFN4O.HI/c1-3-23-20(24-11-8-17-18(21)6-4-7-19(17)22)25-16-9-13-26(14-10-16)12-5-15-27-2;/h4,6-7,16H,3,5,8-15H2,1-2H3,(H2,23,24,25);1H. The lowest BCUT2D eigenvalue weighted by Gasteiger charge is -2.33. The summed E-state index contributed by atoms with van der Waals surface area (Å²) in [6.07, 6.45) is 3.75. The molecule has 0 unspecified atom stereocenters. The summed E-state index contributed by atoms with van der Waals surface area (Å²) < 4.78 is 19.0. The second kappa shape index (κ2) is 14.4. The normalized spacial score (nSPS) is 15.9. The molecule has 2 rings (SSSR count). The maximum Gasteiger partial charge on any atom is 0.191 e. The number of halogens is 3. The monoisotopic (exact) mass is 526 g/mol. The second-order valence-electron chi connectivity index (χ2n) is 6.82. The zero-order valence-electron chi connectivity index (χ0n) is 16.8. The van der Waals surface area contributed by atoms with Crippen LogP contribution in [-0.4, -0.2) is 63.3 Å². The van der Waals surface area contributed by atoms with Crippen molar-refractivity contribution in [2.75, 3.05) is 46.4 Å². The lowest BCUT2D eigenvalue weighted by atomic mass is 10.1. The molecule has 0 radical (unpaired) electrons. The topological polar surface area (TPSA) is 48.9 Å². The Kier molecular flexibility index (Phi) is 13.0. The van der Waals surface area contributed by atoms with Crippen molar-refractivity contribution in [2.24, 2.45) is 4.99 Å². The average molecular weight is 527 g/mol. The van der Waals surface area contributed by atoms with Crippen molar-refractivity contribution in [3.63, 3.8) is 0 Å². The number of aliphatic imine (C=N–C) groups is 1. The predicted octanol–water partition coefficient (Wildman–Crippen LogP) is 3.70. The summed E-state index contributed by atoms with van der Waals surface area (Å²) in [7, 11) is 1.75. The first-order chi connectivity index (χ1) is 13.1. The van der Waals surface area contributed by atoms with Crippen molar-refractivity contribution < 1.29 is 9.13 Å². The first-order valence-electron chi connectivity index (χ1n) is 9.83. The van der Waals surface area contributed by atoms with E-state index in [2.05, 4.69) is 20.5 Å². The molecule has 0 atom stereocenters. The van der Waals surface area contributed by atoms with Gasteiger partial charge >= 0.3 is 0 Å². The maximum atomic E-state index is 13.9. The molecular formula is C20H33ClFIN4O. The Balaban J connectivity index is 0.00000392. The van der Waals surface area contributed by atoms with Crippen LogP contribution in [0.15, 0.2) is 23.2 Å². The fraction of sp³-hybridized carbons (Fsp3) is 0.650. The third-order valence-electron chi connectivity index (χ3n) is 4.79. The van der Waals surface area contributed by atoms with Gasteiger partial charge in [0.15, 0.2) is 5.96 Å². The fourth-order valence-corrected chi connectivity index (χ4v) is 3.55. The van der Waals surface area contributed by atoms with Crippen LogP contribution in [0.4, 0.5) is 4.39 Å². The molecule has 1 aliphatic heterocycles. The molecule has 1 saturated heterocycles. The van der Waals surface area contributed by atoms with E-state index in [1.807, 2.05) is 6.92 Å². The van der Waals surface area contributed by atoms with E-state index in [-0.39, 0.29) is 29.8 Å². The number of methoxy groups -OCH3 is 1. The van der Waals surface area contributed by atoms with E-state index in [4.69, 9.17) is 16.3 Å². The molecule has 1 aromatic carbocycles. The highest BCUT2D eigenvalue weighted by Crippen LogP contribution is 2.19. The number of ether oxygens (including phenoxy) is 1. The van der Waals surface area contributed by atoms with Gasteiger partial charge in [0.05, 0.1) is 0 Å². The van der Waals surface area contributed by atoms with Crippen LogP contribution in [0, 0.1) is 5.82 Å². The zero-order valence-corrected chi connectivity index (χ0v) is 19.9. The molecule has 0 amide bonds. The molecule has 0 spiro atoms. The lowest BCUT2D eigenvalue weighted by Crippen LogP contribution is -2.49. The van der Waals surface area contributed by atoms with Crippen LogP contribution in [0.3, 0.4) is 0 Å². The molecule has 1 heterocycles. The molecule has 160 valence electrons. The number of rotatable bonds is 9. The SMILES string of the molecule is CCNC(=NCCc1c(F)cccc1Cl)NC1CCN(CCCOC)CC1.I. The molecule has 0 bridgehead atoms. The molecule has 0 aliphatic carbocycles. The summed E-state index contributed by atoms with van der Waals surface area (Å²) in [4.78, 5) is 7.09. The number of piperidine rings is 1. The quantitative estimate of drug-likeness (QED) is 0.223. The van der Waals surface area contributed by atoms with Gasteiger partial charge in [-0.05, 0) is 44.7 Å². The molecule has 0 aromatic heterocycles. The van der Waals surface area contributed by atoms with E-state index in [1.54, 1.807) is 19.2 Å². The number of hydrogen-bond acceptors (Lipinski definition) is 3. The molecule has 1 fully saturated rings. The maximum absolute atomic E-state index is 13.9. The van der Waals surface area contributed by atoms with Gasteiger partial charge < -0.3 is 20.3 Å². The van der Waals surface area contributed by atoms with E-state index in [0.29, 0.717) is 29.6 Å². The van der Waals surface area contributed by atoms with Crippen molar-refractivity contribution in [3.8, 4) is 0 Å². The minimum atomic E-state index is -0.267. The minimum Gasteiger partial charge on any atom is -0.385 e. The smallest absolute Gasteiger partial charge is 0.191 e. The first kappa shape index (κ1) is 25.4. The Morgan fingerprint density at radius 2 is 2.11 bits per heavy atom. The van der Waals surface area contributed by atoms with Gasteiger partial charge in [-0.15, -0.1) is 24.0 Å². The molecular weight excluding hydrogens is 494 g/mol. The molecule has 2 N–H and O–H groups in total. The van der Waals surface area contributed by atoms with E-state index in [1.165, 1.54) is 6.07 Å². The Hall–Kier alpha value is -0.640. The summed E-state index contributed by atoms with van der Waals surface area (Å²) in [6, 6.07) is 5.19. The first-order valence-corrected chi connectivity index (χ1v) is 10.2. The highest BCUT2D eigenvalue weighted by atomic mass is 127. The number of nitrogens with one attached hydrogen (secondary N) is 2. The lowest BCUT2D eigenvalue weighted by molar-refractivity contribution is 0.155. The van der Waals surface area contributed by atoms with Crippen LogP contribution in [0.25, 0.3) is 0 Å². The van der Waals surface area contributed by atoms with Crippen molar-refractivity contribution in [1.29, 1.82) is 0 Å². The van der Waals surface area contributed by atoms with Crippen molar-refractivity contribution in [1.82, 2.24) is 15.5 Å². The van der Waals surface area contributed by atoms with Crippen molar-refractivity contribution in [2.45, 2.75) is 38.6 Å². The third kappa shape index (κ3) is 8.80. The van der Waals surface area contributed by atoms with Crippen LogP contribution >= 0.6 is 35.6 Å². The minimum absolute atomic E-state index is 0. The number of hydrogen-bond donors (Lipinski definition) is 2. The van der Waals surface area contributed by atoms with Crippen LogP contribution in [0.1, 0.15) is 31.7 Å². The van der Waals surface area contributed by atoms with Crippen LogP contribution in [0.2, 0.25) is 5.02 Å². The van der Waals surface area contributed by atoms with E-state index in [0.717, 1.165) is 58.0 Å². The summed E-state index contributed by atoms with van der Waals surface area (Å²) in [5.74, 6) is 0.527. The van der Waals surface area contributed by atoms with Gasteiger partial charge in [-0.25, -0.2) is 4.39 Å². The molecule has 1 aromatic rings. The van der Waals surface area contributed by atoms with Gasteiger partial charge in [0.1, 0.15) is 5.82 Å². The highest BCUT2D eigenvalue weighted by Gasteiger charge is 2.19. The summed E-state index contributed by atoms with van der Waals surface area (Å²) >= 11 is 6.09. The van der Waals surface area contributed by atoms with Crippen LogP contribution in [-0.2, 0) is 11.2 Å². The number of benzene rings is 1. The Morgan fingerprint density at radius 3 is 2.75 bits per heavy atom. The van der Waals surface area contributed by atoms with Crippen molar-refractivity contribution in [3.05, 3.63) is 34.6 Å². The van der Waals surface area contributed by atoms with Gasteiger partial charge in [0.25, 0.3) is 0 Å². The van der Waals surface area contributed by atoms with Crippen LogP contribution in [0.5, 0.6) is 0 Å². The summed E-state index contributed by atoms with van der Waals surface area (Å²) in [5, 5.41) is 7.26. The highest BCUT2D eigenvalue weighted by molar-refractivity contribution is 14.0. The number of guanidine groups is 1. The van der Waals surface area contributed by atoms with E-state index < -0.39 is 0 Å². The van der Waals surface area contributed by atoms with Gasteiger partial charge in [0.2, 0.25) is 0 Å². The molecule has 28 heavy (non-hydrogen) atoms. The van der Waals surface area contributed by atoms with Gasteiger partial charge in [-0.1, -0.05) is 17.7 Å². The zero-order chi connectivity index (χ0) is 19.5. The Bertz CT molecular complexity index is 577. The van der Waals surface area contributed by atoms with Gasteiger partial charge in [0, 0.05) is 63.1 Å². The van der Waals surface area contributed by atoms with E-state index >= 15 is 0 Å². The average Bonchev–Trinajstić information content (AvgIpc) is 2.66. The molecule has 0 saturated carbocycles.